The molecule has 1 aromatic carbocycles. The Morgan fingerprint density at radius 1 is 1.21 bits per heavy atom. The van der Waals surface area contributed by atoms with Crippen molar-refractivity contribution in [3.8, 4) is 5.75 Å². The van der Waals surface area contributed by atoms with Gasteiger partial charge < -0.3 is 30.0 Å². The summed E-state index contributed by atoms with van der Waals surface area (Å²) in [6.45, 7) is 10.2. The highest BCUT2D eigenvalue weighted by Crippen LogP contribution is 2.19. The van der Waals surface area contributed by atoms with Crippen LogP contribution in [0.1, 0.15) is 51.7 Å². The molecular formula is C22H37N3O4. The van der Waals surface area contributed by atoms with Gasteiger partial charge >= 0.3 is 0 Å². The summed E-state index contributed by atoms with van der Waals surface area (Å²) in [5, 5.41) is 16.9. The second-order valence-electron chi connectivity index (χ2n) is 7.43. The van der Waals surface area contributed by atoms with Gasteiger partial charge in [0.2, 0.25) is 0 Å². The van der Waals surface area contributed by atoms with Crippen LogP contribution in [0.5, 0.6) is 5.75 Å². The number of nitrogens with one attached hydrogen (secondary N) is 2. The molecule has 7 nitrogen and oxygen atoms in total. The van der Waals surface area contributed by atoms with Crippen molar-refractivity contribution in [1.29, 1.82) is 0 Å². The molecule has 0 saturated carbocycles. The quantitative estimate of drug-likeness (QED) is 0.297. The lowest BCUT2D eigenvalue weighted by Crippen LogP contribution is -2.38. The maximum absolute atomic E-state index is 10.4. The predicted molar refractivity (Wildman–Crippen MR) is 116 cm³/mol. The first-order chi connectivity index (χ1) is 14.1. The lowest BCUT2D eigenvalue weighted by Gasteiger charge is -2.22. The zero-order valence-electron chi connectivity index (χ0n) is 18.0. The van der Waals surface area contributed by atoms with Gasteiger partial charge in [-0.2, -0.15) is 0 Å². The minimum Gasteiger partial charge on any atom is -0.491 e. The number of hydrogen-bond donors (Lipinski definition) is 3. The van der Waals surface area contributed by atoms with Gasteiger partial charge in [0.05, 0.1) is 24.9 Å². The second-order valence-corrected chi connectivity index (χ2v) is 7.43. The average molecular weight is 408 g/mol. The Kier molecular flexibility index (Phi) is 10.8. The second kappa shape index (κ2) is 13.4. The maximum Gasteiger partial charge on any atom is 0.191 e. The molecule has 1 aromatic rings. The summed E-state index contributed by atoms with van der Waals surface area (Å²) in [5.41, 5.74) is 0.825. The van der Waals surface area contributed by atoms with E-state index in [0.29, 0.717) is 12.1 Å². The number of aliphatic hydroxyl groups excluding tert-OH is 1. The Morgan fingerprint density at radius 3 is 2.59 bits per heavy atom. The highest BCUT2D eigenvalue weighted by atomic mass is 16.5. The van der Waals surface area contributed by atoms with Crippen molar-refractivity contribution in [2.45, 2.75) is 58.3 Å². The first-order valence-electron chi connectivity index (χ1n) is 10.7. The highest BCUT2D eigenvalue weighted by Gasteiger charge is 2.13. The Bertz CT molecular complexity index is 586. The minimum absolute atomic E-state index is 0.131. The summed E-state index contributed by atoms with van der Waals surface area (Å²) in [6, 6.07) is 7.52. The molecule has 0 spiro atoms. The summed E-state index contributed by atoms with van der Waals surface area (Å²) in [7, 11) is 0. The molecule has 1 fully saturated rings. The third-order valence-corrected chi connectivity index (χ3v) is 4.54. The molecular weight excluding hydrogens is 370 g/mol. The zero-order chi connectivity index (χ0) is 20.9. The van der Waals surface area contributed by atoms with E-state index in [1.54, 1.807) is 0 Å². The van der Waals surface area contributed by atoms with Gasteiger partial charge in [0.25, 0.3) is 0 Å². The molecule has 0 aliphatic carbocycles. The molecule has 1 unspecified atom stereocenters. The minimum atomic E-state index is -0.657. The summed E-state index contributed by atoms with van der Waals surface area (Å²) >= 11 is 0. The molecule has 1 heterocycles. The first kappa shape index (κ1) is 23.4. The maximum atomic E-state index is 10.4. The Labute approximate surface area is 174 Å². The zero-order valence-corrected chi connectivity index (χ0v) is 18.0. The van der Waals surface area contributed by atoms with E-state index < -0.39 is 6.10 Å². The fourth-order valence-electron chi connectivity index (χ4n) is 3.04. The molecule has 0 aromatic heterocycles. The van der Waals surface area contributed by atoms with Crippen molar-refractivity contribution in [2.24, 2.45) is 4.99 Å². The van der Waals surface area contributed by atoms with E-state index in [4.69, 9.17) is 14.2 Å². The standard InChI is InChI=1S/C22H37N3O4/c1-4-23-22(24-12-5-13-28-19-10-14-27-15-11-19)25-16-21(26)18-6-8-20(9-7-18)29-17(2)3/h6-9,17,19,21,26H,4-5,10-16H2,1-3H3,(H2,23,24,25). The molecule has 0 radical (unpaired) electrons. The number of guanidine groups is 1. The molecule has 3 N–H and O–H groups in total. The van der Waals surface area contributed by atoms with Gasteiger partial charge in [0.1, 0.15) is 5.75 Å². The van der Waals surface area contributed by atoms with Gasteiger partial charge in [-0.15, -0.1) is 0 Å². The number of ether oxygens (including phenoxy) is 3. The van der Waals surface area contributed by atoms with Gasteiger partial charge in [0, 0.05) is 32.9 Å². The van der Waals surface area contributed by atoms with Crippen molar-refractivity contribution in [3.63, 3.8) is 0 Å². The Balaban J connectivity index is 1.72. The summed E-state index contributed by atoms with van der Waals surface area (Å²) in [4.78, 5) is 4.50. The van der Waals surface area contributed by atoms with Gasteiger partial charge in [-0.05, 0) is 57.7 Å². The van der Waals surface area contributed by atoms with Crippen LogP contribution in [0, 0.1) is 0 Å². The van der Waals surface area contributed by atoms with Crippen molar-refractivity contribution in [1.82, 2.24) is 10.6 Å². The average Bonchev–Trinajstić information content (AvgIpc) is 2.72. The van der Waals surface area contributed by atoms with Crippen LogP contribution in [0.4, 0.5) is 0 Å². The number of aliphatic imine (C=N–C) groups is 1. The first-order valence-corrected chi connectivity index (χ1v) is 10.7. The molecule has 2 rings (SSSR count). The van der Waals surface area contributed by atoms with Crippen molar-refractivity contribution in [2.75, 3.05) is 39.5 Å². The number of nitrogens with zero attached hydrogens (tertiary/aromatic N) is 1. The summed E-state index contributed by atoms with van der Waals surface area (Å²) in [6.07, 6.45) is 2.68. The number of hydrogen-bond acceptors (Lipinski definition) is 5. The van der Waals surface area contributed by atoms with Crippen LogP contribution in [0.2, 0.25) is 0 Å². The molecule has 29 heavy (non-hydrogen) atoms. The van der Waals surface area contributed by atoms with E-state index in [1.165, 1.54) is 0 Å². The molecule has 1 atom stereocenters. The Morgan fingerprint density at radius 2 is 1.93 bits per heavy atom. The molecule has 7 heteroatoms. The third kappa shape index (κ3) is 9.47. The van der Waals surface area contributed by atoms with Crippen LogP contribution in [0.25, 0.3) is 0 Å². The van der Waals surface area contributed by atoms with E-state index in [-0.39, 0.29) is 12.6 Å². The number of aliphatic hydroxyl groups is 1. The SMILES string of the molecule is CCNC(=NCC(O)c1ccc(OC(C)C)cc1)NCCCOC1CCOCC1. The summed E-state index contributed by atoms with van der Waals surface area (Å²) in [5.74, 6) is 1.51. The van der Waals surface area contributed by atoms with Crippen molar-refractivity contribution < 1.29 is 19.3 Å². The molecule has 164 valence electrons. The van der Waals surface area contributed by atoms with Crippen LogP contribution >= 0.6 is 0 Å². The van der Waals surface area contributed by atoms with E-state index in [1.807, 2.05) is 45.0 Å². The van der Waals surface area contributed by atoms with E-state index >= 15 is 0 Å². The number of benzene rings is 1. The largest absolute Gasteiger partial charge is 0.491 e. The lowest BCUT2D eigenvalue weighted by molar-refractivity contribution is -0.0320. The van der Waals surface area contributed by atoms with Crippen LogP contribution in [0.15, 0.2) is 29.3 Å². The van der Waals surface area contributed by atoms with Crippen LogP contribution in [-0.2, 0) is 9.47 Å². The fourth-order valence-corrected chi connectivity index (χ4v) is 3.04. The highest BCUT2D eigenvalue weighted by molar-refractivity contribution is 5.79. The van der Waals surface area contributed by atoms with Gasteiger partial charge in [-0.25, -0.2) is 0 Å². The Hall–Kier alpha value is -1.83. The smallest absolute Gasteiger partial charge is 0.191 e. The van der Waals surface area contributed by atoms with Gasteiger partial charge in [0.15, 0.2) is 5.96 Å². The van der Waals surface area contributed by atoms with Crippen molar-refractivity contribution in [3.05, 3.63) is 29.8 Å². The fraction of sp³-hybridized carbons (Fsp3) is 0.682. The monoisotopic (exact) mass is 407 g/mol. The van der Waals surface area contributed by atoms with Crippen molar-refractivity contribution >= 4 is 5.96 Å². The lowest BCUT2D eigenvalue weighted by atomic mass is 10.1. The van der Waals surface area contributed by atoms with Gasteiger partial charge in [-0.1, -0.05) is 12.1 Å². The van der Waals surface area contributed by atoms with Crippen LogP contribution in [-0.4, -0.2) is 62.7 Å². The molecule has 0 bridgehead atoms. The molecule has 0 amide bonds. The molecule has 1 aliphatic rings. The topological polar surface area (TPSA) is 84.3 Å². The van der Waals surface area contributed by atoms with Gasteiger partial charge in [-0.3, -0.25) is 4.99 Å². The summed E-state index contributed by atoms with van der Waals surface area (Å²) < 4.78 is 16.9. The van der Waals surface area contributed by atoms with Crippen LogP contribution in [0.3, 0.4) is 0 Å². The third-order valence-electron chi connectivity index (χ3n) is 4.54. The normalized spacial score (nSPS) is 16.7. The van der Waals surface area contributed by atoms with E-state index in [2.05, 4.69) is 15.6 Å². The van der Waals surface area contributed by atoms with E-state index in [9.17, 15) is 5.11 Å². The molecule has 1 aliphatic heterocycles. The van der Waals surface area contributed by atoms with E-state index in [0.717, 1.165) is 63.5 Å². The number of rotatable bonds is 11. The van der Waals surface area contributed by atoms with Crippen LogP contribution < -0.4 is 15.4 Å². The predicted octanol–water partition coefficient (Wildman–Crippen LogP) is 2.65. The molecule has 1 saturated heterocycles.